The Morgan fingerprint density at radius 3 is 2.14 bits per heavy atom. The Kier molecular flexibility index (Phi) is 4.66. The molecule has 0 atom stereocenters. The minimum absolute atomic E-state index is 0.0490. The first-order chi connectivity index (χ1) is 13.6. The number of aromatic amines is 1. The summed E-state index contributed by atoms with van der Waals surface area (Å²) in [5, 5.41) is 0. The Bertz CT molecular complexity index is 1130. The van der Waals surface area contributed by atoms with Gasteiger partial charge in [-0.15, -0.1) is 0 Å². The number of nitrogens with one attached hydrogen (secondary N) is 1. The number of aromatic nitrogens is 1. The number of ketones is 1. The molecule has 138 valence electrons. The van der Waals surface area contributed by atoms with Crippen LogP contribution in [0.3, 0.4) is 0 Å². The summed E-state index contributed by atoms with van der Waals surface area (Å²) in [5.74, 6) is 0.0490. The molecule has 0 unspecified atom stereocenters. The minimum atomic E-state index is 0.0490. The van der Waals surface area contributed by atoms with Gasteiger partial charge in [0, 0.05) is 34.3 Å². The topological polar surface area (TPSA) is 45.2 Å². The molecule has 0 bridgehead atoms. The second-order valence-corrected chi connectivity index (χ2v) is 7.02. The zero-order valence-corrected chi connectivity index (χ0v) is 16.3. The largest absolute Gasteiger partial charge is 0.358 e. The number of aliphatic imine (C=N–C) groups is 1. The molecule has 3 nitrogen and oxygen atoms in total. The van der Waals surface area contributed by atoms with Crippen molar-refractivity contribution in [2.24, 2.45) is 4.99 Å². The summed E-state index contributed by atoms with van der Waals surface area (Å²) in [6.07, 6.45) is 3.96. The van der Waals surface area contributed by atoms with Gasteiger partial charge >= 0.3 is 0 Å². The summed E-state index contributed by atoms with van der Waals surface area (Å²) in [6, 6.07) is 20.3. The first kappa shape index (κ1) is 17.9. The van der Waals surface area contributed by atoms with Crippen LogP contribution in [0, 0.1) is 6.92 Å². The van der Waals surface area contributed by atoms with Crippen LogP contribution in [0.5, 0.6) is 0 Å². The number of hydrogen-bond donors (Lipinski definition) is 1. The molecule has 2 aromatic carbocycles. The number of allylic oxidation sites excluding steroid dienone is 2. The highest BCUT2D eigenvalue weighted by Gasteiger charge is 2.22. The Morgan fingerprint density at radius 2 is 1.54 bits per heavy atom. The predicted molar refractivity (Wildman–Crippen MR) is 116 cm³/mol. The Hall–Kier alpha value is -3.46. The molecule has 1 aromatic heterocycles. The lowest BCUT2D eigenvalue weighted by atomic mass is 9.94. The van der Waals surface area contributed by atoms with E-state index in [0.29, 0.717) is 0 Å². The van der Waals surface area contributed by atoms with Gasteiger partial charge in [-0.3, -0.25) is 9.79 Å². The molecule has 3 aromatic rings. The first-order valence-electron chi connectivity index (χ1n) is 9.37. The molecular weight excluding hydrogens is 344 g/mol. The molecule has 0 aliphatic carbocycles. The zero-order chi connectivity index (χ0) is 19.7. The third-order valence-corrected chi connectivity index (χ3v) is 5.07. The standard InChI is InChI=1S/C25H22N2O/c1-16-21(22(15-26-16)19-10-6-4-7-11-19)14-23-25(18(3)28)24(17(2)27-23)20-12-8-5-9-13-20/h4-15,27H,1-3H3/b21-14+. The van der Waals surface area contributed by atoms with Gasteiger partial charge in [-0.05, 0) is 38.0 Å². The van der Waals surface area contributed by atoms with Crippen molar-refractivity contribution >= 4 is 23.1 Å². The van der Waals surface area contributed by atoms with Crippen molar-refractivity contribution in [3.63, 3.8) is 0 Å². The van der Waals surface area contributed by atoms with Crippen LogP contribution in [0.4, 0.5) is 0 Å². The van der Waals surface area contributed by atoms with Crippen LogP contribution in [-0.4, -0.2) is 16.5 Å². The monoisotopic (exact) mass is 366 g/mol. The van der Waals surface area contributed by atoms with Gasteiger partial charge in [0.25, 0.3) is 0 Å². The van der Waals surface area contributed by atoms with Crippen LogP contribution in [0.25, 0.3) is 22.8 Å². The van der Waals surface area contributed by atoms with Gasteiger partial charge in [-0.25, -0.2) is 0 Å². The highest BCUT2D eigenvalue weighted by molar-refractivity contribution is 6.19. The fraction of sp³-hybridized carbons (Fsp3) is 0.120. The highest BCUT2D eigenvalue weighted by Crippen LogP contribution is 2.35. The molecular formula is C25H22N2O. The summed E-state index contributed by atoms with van der Waals surface area (Å²) in [7, 11) is 0. The van der Waals surface area contributed by atoms with E-state index in [1.165, 1.54) is 0 Å². The maximum atomic E-state index is 12.6. The van der Waals surface area contributed by atoms with E-state index in [1.54, 1.807) is 6.92 Å². The SMILES string of the molecule is CC(=O)c1c(/C=C2/C(c3ccccc3)=CN=C2C)[nH]c(C)c1-c1ccccc1. The molecule has 0 spiro atoms. The molecule has 28 heavy (non-hydrogen) atoms. The molecule has 0 saturated carbocycles. The van der Waals surface area contributed by atoms with E-state index < -0.39 is 0 Å². The molecule has 0 fully saturated rings. The number of H-pyrrole nitrogens is 1. The molecule has 0 radical (unpaired) electrons. The quantitative estimate of drug-likeness (QED) is 0.558. The number of nitrogens with zero attached hydrogens (tertiary/aromatic N) is 1. The van der Waals surface area contributed by atoms with Crippen molar-refractivity contribution in [1.82, 2.24) is 4.98 Å². The number of carbonyl (C=O) groups is 1. The van der Waals surface area contributed by atoms with Gasteiger partial charge < -0.3 is 4.98 Å². The van der Waals surface area contributed by atoms with Crippen LogP contribution in [0.2, 0.25) is 0 Å². The average molecular weight is 366 g/mol. The maximum Gasteiger partial charge on any atom is 0.162 e. The van der Waals surface area contributed by atoms with Crippen molar-refractivity contribution in [3.8, 4) is 11.1 Å². The van der Waals surface area contributed by atoms with E-state index >= 15 is 0 Å². The van der Waals surface area contributed by atoms with Gasteiger partial charge in [-0.2, -0.15) is 0 Å². The summed E-state index contributed by atoms with van der Waals surface area (Å²) >= 11 is 0. The molecule has 1 N–H and O–H groups in total. The first-order valence-corrected chi connectivity index (χ1v) is 9.37. The highest BCUT2D eigenvalue weighted by atomic mass is 16.1. The van der Waals surface area contributed by atoms with Crippen molar-refractivity contribution in [2.45, 2.75) is 20.8 Å². The van der Waals surface area contributed by atoms with Crippen LogP contribution in [-0.2, 0) is 0 Å². The Morgan fingerprint density at radius 1 is 0.929 bits per heavy atom. The van der Waals surface area contributed by atoms with Crippen molar-refractivity contribution < 1.29 is 4.79 Å². The smallest absolute Gasteiger partial charge is 0.162 e. The average Bonchev–Trinajstić information content (AvgIpc) is 3.23. The molecule has 0 amide bonds. The molecule has 2 heterocycles. The van der Waals surface area contributed by atoms with E-state index in [-0.39, 0.29) is 5.78 Å². The van der Waals surface area contributed by atoms with Gasteiger partial charge in [0.1, 0.15) is 0 Å². The van der Waals surface area contributed by atoms with Crippen molar-refractivity contribution in [2.75, 3.05) is 0 Å². The normalized spacial score (nSPS) is 14.9. The zero-order valence-electron chi connectivity index (χ0n) is 16.3. The van der Waals surface area contributed by atoms with Crippen LogP contribution in [0.15, 0.2) is 77.4 Å². The summed E-state index contributed by atoms with van der Waals surface area (Å²) in [4.78, 5) is 20.5. The molecule has 1 aliphatic rings. The summed E-state index contributed by atoms with van der Waals surface area (Å²) in [6.45, 7) is 5.64. The summed E-state index contributed by atoms with van der Waals surface area (Å²) in [5.41, 5.74) is 8.73. The second-order valence-electron chi connectivity index (χ2n) is 7.02. The number of rotatable bonds is 4. The number of Topliss-reactive ketones (excluding diaryl/α,β-unsaturated/α-hetero) is 1. The summed E-state index contributed by atoms with van der Waals surface area (Å²) < 4.78 is 0. The maximum absolute atomic E-state index is 12.6. The lowest BCUT2D eigenvalue weighted by Crippen LogP contribution is -1.99. The van der Waals surface area contributed by atoms with Gasteiger partial charge in [0.2, 0.25) is 0 Å². The Balaban J connectivity index is 1.87. The van der Waals surface area contributed by atoms with E-state index in [2.05, 4.69) is 28.2 Å². The van der Waals surface area contributed by atoms with Crippen molar-refractivity contribution in [3.05, 3.63) is 95.0 Å². The molecule has 3 heteroatoms. The van der Waals surface area contributed by atoms with Gasteiger partial charge in [0.05, 0.1) is 11.3 Å². The molecule has 0 saturated heterocycles. The van der Waals surface area contributed by atoms with E-state index in [4.69, 9.17) is 0 Å². The fourth-order valence-electron chi connectivity index (χ4n) is 3.76. The third kappa shape index (κ3) is 3.16. The van der Waals surface area contributed by atoms with Crippen molar-refractivity contribution in [1.29, 1.82) is 0 Å². The third-order valence-electron chi connectivity index (χ3n) is 5.07. The minimum Gasteiger partial charge on any atom is -0.358 e. The molecule has 4 rings (SSSR count). The van der Waals surface area contributed by atoms with Crippen LogP contribution >= 0.6 is 0 Å². The van der Waals surface area contributed by atoms with Crippen LogP contribution < -0.4 is 0 Å². The fourth-order valence-corrected chi connectivity index (χ4v) is 3.76. The lowest BCUT2D eigenvalue weighted by Gasteiger charge is -2.08. The number of aryl methyl sites for hydroxylation is 1. The van der Waals surface area contributed by atoms with E-state index in [1.807, 2.05) is 68.6 Å². The molecule has 1 aliphatic heterocycles. The number of hydrogen-bond acceptors (Lipinski definition) is 2. The number of benzene rings is 2. The van der Waals surface area contributed by atoms with Crippen LogP contribution in [0.1, 0.15) is 41.2 Å². The predicted octanol–water partition coefficient (Wildman–Crippen LogP) is 6.09. The van der Waals surface area contributed by atoms with Gasteiger partial charge in [0.15, 0.2) is 5.78 Å². The lowest BCUT2D eigenvalue weighted by molar-refractivity contribution is 0.101. The second kappa shape index (κ2) is 7.28. The number of carbonyl (C=O) groups excluding carboxylic acids is 1. The van der Waals surface area contributed by atoms with Gasteiger partial charge in [-0.1, -0.05) is 60.7 Å². The van der Waals surface area contributed by atoms with E-state index in [9.17, 15) is 4.79 Å². The van der Waals surface area contributed by atoms with E-state index in [0.717, 1.165) is 50.5 Å². The Labute approximate surface area is 165 Å².